The molecule has 4 aliphatic rings. The Bertz CT molecular complexity index is 998. The van der Waals surface area contributed by atoms with Crippen LogP contribution in [0.5, 0.6) is 0 Å². The summed E-state index contributed by atoms with van der Waals surface area (Å²) in [5.41, 5.74) is -4.01. The number of ketones is 2. The summed E-state index contributed by atoms with van der Waals surface area (Å²) in [4.78, 5) is 38.2. The Morgan fingerprint density at radius 1 is 0.769 bits per heavy atom. The molecule has 39 heavy (non-hydrogen) atoms. The first-order valence-electron chi connectivity index (χ1n) is 15.1. The molecule has 0 radical (unpaired) electrons. The molecular weight excluding hydrogens is 496 g/mol. The topological polar surface area (TPSA) is 99.1 Å². The molecule has 2 saturated carbocycles. The predicted molar refractivity (Wildman–Crippen MR) is 148 cm³/mol. The van der Waals surface area contributed by atoms with Crippen molar-refractivity contribution in [2.75, 3.05) is 0 Å². The summed E-state index contributed by atoms with van der Waals surface area (Å²) in [5, 5.41) is 11.8. The maximum absolute atomic E-state index is 13.0. The highest BCUT2D eigenvalue weighted by Gasteiger charge is 2.61. The van der Waals surface area contributed by atoms with Crippen LogP contribution in [-0.4, -0.2) is 57.3 Å². The third-order valence-electron chi connectivity index (χ3n) is 11.5. The van der Waals surface area contributed by atoms with Gasteiger partial charge in [-0.25, -0.2) is 0 Å². The fourth-order valence-corrected chi connectivity index (χ4v) is 9.03. The molecule has 2 saturated heterocycles. The molecule has 2 heterocycles. The molecule has 0 spiro atoms. The van der Waals surface area contributed by atoms with Crippen LogP contribution in [0.15, 0.2) is 0 Å². The molecule has 1 N–H and O–H groups in total. The summed E-state index contributed by atoms with van der Waals surface area (Å²) in [6, 6.07) is 0. The molecule has 0 bridgehead atoms. The van der Waals surface area contributed by atoms with Gasteiger partial charge in [-0.2, -0.15) is 0 Å². The third kappa shape index (κ3) is 5.37. The first-order chi connectivity index (χ1) is 17.8. The first kappa shape index (κ1) is 30.6. The maximum atomic E-state index is 13.0. The van der Waals surface area contributed by atoms with Crippen molar-refractivity contribution in [1.82, 2.24) is 0 Å². The molecule has 0 unspecified atom stereocenters. The summed E-state index contributed by atoms with van der Waals surface area (Å²) >= 11 is 0. The van der Waals surface area contributed by atoms with E-state index in [4.69, 9.17) is 14.2 Å². The minimum absolute atomic E-state index is 0.0566. The van der Waals surface area contributed by atoms with E-state index in [0.717, 1.165) is 19.3 Å². The van der Waals surface area contributed by atoms with Gasteiger partial charge in [0, 0.05) is 31.1 Å². The minimum atomic E-state index is -0.906. The second-order valence-corrected chi connectivity index (χ2v) is 15.1. The van der Waals surface area contributed by atoms with E-state index >= 15 is 0 Å². The Morgan fingerprint density at radius 2 is 1.21 bits per heavy atom. The van der Waals surface area contributed by atoms with Gasteiger partial charge >= 0.3 is 5.97 Å². The highest BCUT2D eigenvalue weighted by molar-refractivity contribution is 5.87. The zero-order chi connectivity index (χ0) is 29.2. The number of carbonyl (C=O) groups is 3. The number of rotatable bonds is 4. The van der Waals surface area contributed by atoms with Crippen LogP contribution < -0.4 is 0 Å². The lowest BCUT2D eigenvalue weighted by molar-refractivity contribution is -0.218. The number of aliphatic hydroxyl groups is 1. The molecule has 0 aromatic heterocycles. The average molecular weight is 549 g/mol. The summed E-state index contributed by atoms with van der Waals surface area (Å²) < 4.78 is 19.1. The van der Waals surface area contributed by atoms with Gasteiger partial charge in [-0.1, -0.05) is 13.8 Å². The highest BCUT2D eigenvalue weighted by atomic mass is 16.6. The normalized spacial score (nSPS) is 45.9. The van der Waals surface area contributed by atoms with Crippen LogP contribution in [0.2, 0.25) is 0 Å². The average Bonchev–Trinajstić information content (AvgIpc) is 2.95. The number of Topliss-reactive ketones (excluding diaryl/α,β-unsaturated/α-hetero) is 2. The first-order valence-corrected chi connectivity index (χ1v) is 15.1. The molecule has 7 heteroatoms. The lowest BCUT2D eigenvalue weighted by Gasteiger charge is -2.57. The fraction of sp³-hybridized carbons (Fsp3) is 0.906. The van der Waals surface area contributed by atoms with Crippen molar-refractivity contribution in [2.24, 2.45) is 22.7 Å². The molecule has 2 aliphatic carbocycles. The molecule has 0 aromatic rings. The van der Waals surface area contributed by atoms with E-state index in [9.17, 15) is 19.5 Å². The number of esters is 1. The van der Waals surface area contributed by atoms with Crippen LogP contribution in [0.4, 0.5) is 0 Å². The van der Waals surface area contributed by atoms with E-state index in [2.05, 4.69) is 13.8 Å². The maximum Gasteiger partial charge on any atom is 0.303 e. The van der Waals surface area contributed by atoms with E-state index in [1.807, 2.05) is 41.5 Å². The van der Waals surface area contributed by atoms with Crippen LogP contribution in [0.25, 0.3) is 0 Å². The molecule has 8 atom stereocenters. The van der Waals surface area contributed by atoms with Gasteiger partial charge in [0.25, 0.3) is 0 Å². The van der Waals surface area contributed by atoms with Crippen LogP contribution in [0, 0.1) is 22.7 Å². The molecular formula is C32H52O7. The van der Waals surface area contributed by atoms with Crippen LogP contribution in [0.3, 0.4) is 0 Å². The van der Waals surface area contributed by atoms with Gasteiger partial charge in [-0.05, 0) is 104 Å². The van der Waals surface area contributed by atoms with Crippen molar-refractivity contribution in [1.29, 1.82) is 0 Å². The number of ether oxygens (including phenoxy) is 3. The Kier molecular flexibility index (Phi) is 7.78. The summed E-state index contributed by atoms with van der Waals surface area (Å²) in [6.45, 7) is 17.3. The zero-order valence-electron chi connectivity index (χ0n) is 25.8. The van der Waals surface area contributed by atoms with Gasteiger partial charge in [0.15, 0.2) is 11.6 Å². The minimum Gasteiger partial charge on any atom is -0.459 e. The Hall–Kier alpha value is -1.31. The molecule has 222 valence electrons. The molecule has 0 amide bonds. The number of fused-ring (bicyclic) bond motifs is 2. The third-order valence-corrected chi connectivity index (χ3v) is 11.5. The zero-order valence-corrected chi connectivity index (χ0v) is 25.8. The number of hydrogen-bond donors (Lipinski definition) is 1. The summed E-state index contributed by atoms with van der Waals surface area (Å²) in [6.07, 6.45) is 6.12. The smallest absolute Gasteiger partial charge is 0.303 e. The molecule has 0 aromatic carbocycles. The van der Waals surface area contributed by atoms with Crippen molar-refractivity contribution in [2.45, 2.75) is 161 Å². The van der Waals surface area contributed by atoms with Gasteiger partial charge in [0.2, 0.25) is 0 Å². The predicted octanol–water partition coefficient (Wildman–Crippen LogP) is 5.73. The lowest BCUT2D eigenvalue weighted by atomic mass is 9.53. The van der Waals surface area contributed by atoms with Gasteiger partial charge < -0.3 is 19.3 Å². The van der Waals surface area contributed by atoms with E-state index < -0.39 is 22.4 Å². The van der Waals surface area contributed by atoms with E-state index in [1.54, 1.807) is 0 Å². The molecule has 2 aliphatic heterocycles. The van der Waals surface area contributed by atoms with Crippen molar-refractivity contribution in [3.63, 3.8) is 0 Å². The Balaban J connectivity index is 1.69. The van der Waals surface area contributed by atoms with E-state index in [-0.39, 0.29) is 52.4 Å². The monoisotopic (exact) mass is 548 g/mol. The van der Waals surface area contributed by atoms with Gasteiger partial charge in [0.05, 0.1) is 17.8 Å². The SMILES string of the molecule is CC(=O)O[C@@]1(C)CC[C@@H]2OC(C)(C)C(=O)CC[C@@]2(C)[C@@H]1CC[C@H]1[C@]2(C)CCC(=O)C(C)(C)O[C@H]2CC[C@@]1(C)O. The molecule has 7 nitrogen and oxygen atoms in total. The molecule has 4 fully saturated rings. The van der Waals surface area contributed by atoms with E-state index in [1.165, 1.54) is 6.92 Å². The second kappa shape index (κ2) is 9.90. The van der Waals surface area contributed by atoms with Crippen molar-refractivity contribution in [3.05, 3.63) is 0 Å². The van der Waals surface area contributed by atoms with Crippen LogP contribution >= 0.6 is 0 Å². The number of hydrogen-bond acceptors (Lipinski definition) is 7. The van der Waals surface area contributed by atoms with Crippen LogP contribution in [-0.2, 0) is 28.6 Å². The van der Waals surface area contributed by atoms with Gasteiger partial charge in [-0.3, -0.25) is 14.4 Å². The van der Waals surface area contributed by atoms with Crippen molar-refractivity contribution in [3.8, 4) is 0 Å². The Morgan fingerprint density at radius 3 is 1.69 bits per heavy atom. The summed E-state index contributed by atoms with van der Waals surface area (Å²) in [7, 11) is 0. The quantitative estimate of drug-likeness (QED) is 0.448. The standard InChI is InChI=1S/C32H52O7/c1-20(33)37-32(9)19-15-26-30(7,17-13-24(35)28(4,5)39-26)22(32)11-10-21-29(6)16-12-23(34)27(2,3)38-25(29)14-18-31(21,8)36/h21-22,25-26,36H,10-19H2,1-9H3/t21-,22-,25-,26-,29-,30-,31+,32-/m0/s1. The largest absolute Gasteiger partial charge is 0.459 e. The van der Waals surface area contributed by atoms with E-state index in [0.29, 0.717) is 44.9 Å². The van der Waals surface area contributed by atoms with Gasteiger partial charge in [0.1, 0.15) is 16.8 Å². The van der Waals surface area contributed by atoms with Crippen molar-refractivity contribution < 1.29 is 33.7 Å². The lowest BCUT2D eigenvalue weighted by Crippen LogP contribution is -2.59. The fourth-order valence-electron chi connectivity index (χ4n) is 9.03. The van der Waals surface area contributed by atoms with Crippen LogP contribution in [0.1, 0.15) is 127 Å². The highest BCUT2D eigenvalue weighted by Crippen LogP contribution is 2.59. The molecule has 4 rings (SSSR count). The second-order valence-electron chi connectivity index (χ2n) is 15.1. The summed E-state index contributed by atoms with van der Waals surface area (Å²) in [5.74, 6) is -0.228. The van der Waals surface area contributed by atoms with Crippen molar-refractivity contribution >= 4 is 17.5 Å². The Labute approximate surface area is 235 Å². The van der Waals surface area contributed by atoms with Gasteiger partial charge in [-0.15, -0.1) is 0 Å². The number of carbonyl (C=O) groups excluding carboxylic acids is 3.